The van der Waals surface area contributed by atoms with Crippen molar-refractivity contribution in [3.05, 3.63) is 47.0 Å². The van der Waals surface area contributed by atoms with Gasteiger partial charge in [-0.3, -0.25) is 9.36 Å². The highest BCUT2D eigenvalue weighted by Crippen LogP contribution is 2.42. The highest BCUT2D eigenvalue weighted by molar-refractivity contribution is 7.59. The molecule has 190 valence electrons. The van der Waals surface area contributed by atoms with Crippen LogP contribution in [0.15, 0.2) is 30.9 Å². The summed E-state index contributed by atoms with van der Waals surface area (Å²) in [6.45, 7) is 8.84. The lowest BCUT2D eigenvalue weighted by molar-refractivity contribution is -0.142. The van der Waals surface area contributed by atoms with Gasteiger partial charge in [-0.15, -0.1) is 0 Å². The van der Waals surface area contributed by atoms with Crippen molar-refractivity contribution in [1.29, 1.82) is 0 Å². The zero-order chi connectivity index (χ0) is 26.0. The van der Waals surface area contributed by atoms with Gasteiger partial charge in [-0.05, 0) is 57.9 Å². The van der Waals surface area contributed by atoms with Gasteiger partial charge in [0, 0.05) is 11.1 Å². The molecule has 0 spiro atoms. The van der Waals surface area contributed by atoms with Gasteiger partial charge in [0.2, 0.25) is 7.44 Å². The fourth-order valence-electron chi connectivity index (χ4n) is 3.70. The van der Waals surface area contributed by atoms with Gasteiger partial charge in [-0.2, -0.15) is 0 Å². The number of aliphatic carboxylic acids is 1. The smallest absolute Gasteiger partial charge is 0.323 e. The third-order valence-electron chi connectivity index (χ3n) is 5.52. The first-order valence-corrected chi connectivity index (χ1v) is 13.3. The molecule has 0 aliphatic heterocycles. The van der Waals surface area contributed by atoms with E-state index in [1.54, 1.807) is 17.0 Å². The van der Waals surface area contributed by atoms with Gasteiger partial charge in [0.05, 0.1) is 19.0 Å². The predicted octanol–water partition coefficient (Wildman–Crippen LogP) is 3.73. The highest BCUT2D eigenvalue weighted by atomic mass is 35.5. The Balaban J connectivity index is 1.77. The molecule has 3 aromatic rings. The van der Waals surface area contributed by atoms with Crippen molar-refractivity contribution in [2.75, 3.05) is 12.1 Å². The Kier molecular flexibility index (Phi) is 8.18. The second-order valence-corrected chi connectivity index (χ2v) is 11.7. The number of ether oxygens (including phenoxy) is 1. The van der Waals surface area contributed by atoms with E-state index >= 15 is 0 Å². The van der Waals surface area contributed by atoms with Crippen molar-refractivity contribution in [3.63, 3.8) is 0 Å². The van der Waals surface area contributed by atoms with Gasteiger partial charge in [0.25, 0.3) is 0 Å². The summed E-state index contributed by atoms with van der Waals surface area (Å²) in [4.78, 5) is 24.1. The number of benzene rings is 1. The van der Waals surface area contributed by atoms with Gasteiger partial charge in [-0.25, -0.2) is 25.1 Å². The van der Waals surface area contributed by atoms with E-state index in [1.165, 1.54) is 20.2 Å². The number of aromatic nitrogens is 4. The number of nitrogens with zero attached hydrogens (tertiary/aromatic N) is 4. The van der Waals surface area contributed by atoms with E-state index in [1.807, 2.05) is 32.9 Å². The fourth-order valence-corrected chi connectivity index (χ4v) is 6.36. The van der Waals surface area contributed by atoms with E-state index in [2.05, 4.69) is 25.1 Å². The summed E-state index contributed by atoms with van der Waals surface area (Å²) in [7, 11) is -3.55. The van der Waals surface area contributed by atoms with Gasteiger partial charge >= 0.3 is 5.97 Å². The van der Waals surface area contributed by atoms with Gasteiger partial charge in [0.1, 0.15) is 23.7 Å². The molecule has 0 fully saturated rings. The number of aryl methyl sites for hydroxylation is 1. The summed E-state index contributed by atoms with van der Waals surface area (Å²) in [5.41, 5.74) is 7.25. The normalized spacial score (nSPS) is 15.6. The van der Waals surface area contributed by atoms with Crippen LogP contribution in [0.1, 0.15) is 44.9 Å². The molecule has 0 bridgehead atoms. The number of fused-ring (bicyclic) bond motifs is 1. The van der Waals surface area contributed by atoms with Crippen LogP contribution in [0.3, 0.4) is 0 Å². The van der Waals surface area contributed by atoms with Crippen molar-refractivity contribution >= 4 is 42.0 Å². The molecule has 0 unspecified atom stereocenters. The number of anilines is 1. The zero-order valence-corrected chi connectivity index (χ0v) is 22.0. The number of nitrogen functional groups attached to an aromatic ring is 1. The Morgan fingerprint density at radius 3 is 2.69 bits per heavy atom. The minimum Gasteiger partial charge on any atom is -0.480 e. The van der Waals surface area contributed by atoms with Crippen LogP contribution in [0, 0.1) is 6.92 Å². The Morgan fingerprint density at radius 1 is 1.31 bits per heavy atom. The molecule has 0 saturated heterocycles. The van der Waals surface area contributed by atoms with E-state index in [4.69, 9.17) is 22.1 Å². The van der Waals surface area contributed by atoms with Gasteiger partial charge < -0.3 is 20.1 Å². The van der Waals surface area contributed by atoms with Crippen molar-refractivity contribution < 1.29 is 19.2 Å². The van der Waals surface area contributed by atoms with Crippen LogP contribution in [0.2, 0.25) is 5.02 Å². The number of imidazole rings is 1. The molecule has 5 N–H and O–H groups in total. The summed E-state index contributed by atoms with van der Waals surface area (Å²) in [5.74, 6) is -0.854. The minimum absolute atomic E-state index is 0.244. The van der Waals surface area contributed by atoms with Crippen molar-refractivity contribution in [2.45, 2.75) is 58.8 Å². The van der Waals surface area contributed by atoms with Crippen LogP contribution in [-0.2, 0) is 20.6 Å². The molecule has 35 heavy (non-hydrogen) atoms. The molecule has 3 rings (SSSR count). The molecule has 0 radical (unpaired) electrons. The first-order chi connectivity index (χ1) is 16.3. The van der Waals surface area contributed by atoms with Crippen LogP contribution >= 0.6 is 19.0 Å². The number of hydrogen-bond acceptors (Lipinski definition) is 7. The second-order valence-electron chi connectivity index (χ2n) is 9.07. The number of rotatable bonds is 11. The summed E-state index contributed by atoms with van der Waals surface area (Å²) in [6, 6.07) is 5.06. The zero-order valence-electron chi connectivity index (χ0n) is 20.3. The average Bonchev–Trinajstić information content (AvgIpc) is 3.15. The van der Waals surface area contributed by atoms with Gasteiger partial charge in [0.15, 0.2) is 11.5 Å². The maximum Gasteiger partial charge on any atom is 0.323 e. The Morgan fingerprint density at radius 2 is 2.03 bits per heavy atom. The quantitative estimate of drug-likeness (QED) is 0.273. The first-order valence-electron chi connectivity index (χ1n) is 11.0. The lowest BCUT2D eigenvalue weighted by Gasteiger charge is -2.32. The second kappa shape index (κ2) is 10.6. The van der Waals surface area contributed by atoms with Crippen molar-refractivity contribution in [1.82, 2.24) is 29.7 Å². The number of nitrogens with two attached hydrogens (primary N) is 1. The number of carbonyl (C=O) groups is 1. The Hall–Kier alpha value is -2.56. The van der Waals surface area contributed by atoms with Crippen LogP contribution < -0.4 is 15.9 Å². The topological polar surface area (TPSA) is 157 Å². The molecule has 2 heterocycles. The summed E-state index contributed by atoms with van der Waals surface area (Å²) < 4.78 is 21.7. The maximum absolute atomic E-state index is 14.0. The van der Waals surface area contributed by atoms with Crippen LogP contribution in [0.5, 0.6) is 0 Å². The van der Waals surface area contributed by atoms with E-state index in [0.29, 0.717) is 22.7 Å². The summed E-state index contributed by atoms with van der Waals surface area (Å²) in [6.07, 6.45) is 2.30. The number of carboxylic acids is 1. The SMILES string of the molecule is Cc1cc(Cl)ccc1[C@@H](C)N[P@@](=O)(CO[C@H](C)Cn1cnc2c(N)ncnc21)NC(C)(C)C(=O)O. The molecule has 0 aliphatic rings. The molecule has 11 nitrogen and oxygen atoms in total. The average molecular weight is 524 g/mol. The van der Waals surface area contributed by atoms with Crippen molar-refractivity contribution in [3.8, 4) is 0 Å². The third-order valence-corrected chi connectivity index (χ3v) is 7.99. The first kappa shape index (κ1) is 27.0. The van der Waals surface area contributed by atoms with Crippen LogP contribution in [0.4, 0.5) is 5.82 Å². The number of carboxylic acid groups (broad SMARTS) is 1. The van der Waals surface area contributed by atoms with E-state index in [9.17, 15) is 14.5 Å². The number of halogens is 1. The summed E-state index contributed by atoms with van der Waals surface area (Å²) in [5, 5.41) is 16.1. The minimum atomic E-state index is -3.55. The molecule has 0 amide bonds. The summed E-state index contributed by atoms with van der Waals surface area (Å²) >= 11 is 6.07. The van der Waals surface area contributed by atoms with Crippen LogP contribution in [-0.4, -0.2) is 48.6 Å². The van der Waals surface area contributed by atoms with Gasteiger partial charge in [-0.1, -0.05) is 17.7 Å². The van der Waals surface area contributed by atoms with E-state index in [0.717, 1.165) is 11.1 Å². The Bertz CT molecular complexity index is 1270. The number of nitrogens with one attached hydrogen (secondary N) is 2. The lowest BCUT2D eigenvalue weighted by Crippen LogP contribution is -2.48. The standard InChI is InChI=1S/C22H31ClN7O4P/c1-13-8-16(23)6-7-17(13)15(3)28-35(33,29-22(4,5)21(31)32)12-34-14(2)9-30-11-27-18-19(24)25-10-26-20(18)30/h6-8,10-11,14-15H,9,12H2,1-5H3,(H,31,32)(H2,24,25,26)(H2,28,29,33)/t14-,15-,35+/m1/s1. The lowest BCUT2D eigenvalue weighted by atomic mass is 10.0. The molecular weight excluding hydrogens is 493 g/mol. The maximum atomic E-state index is 14.0. The molecule has 1 aromatic carbocycles. The van der Waals surface area contributed by atoms with E-state index < -0.39 is 25.1 Å². The predicted molar refractivity (Wildman–Crippen MR) is 135 cm³/mol. The van der Waals surface area contributed by atoms with Crippen molar-refractivity contribution in [2.24, 2.45) is 0 Å². The molecule has 0 aliphatic carbocycles. The fraction of sp³-hybridized carbons (Fsp3) is 0.455. The highest BCUT2D eigenvalue weighted by Gasteiger charge is 2.37. The monoisotopic (exact) mass is 523 g/mol. The molecule has 0 saturated carbocycles. The molecule has 2 aromatic heterocycles. The largest absolute Gasteiger partial charge is 0.480 e. The molecule has 13 heteroatoms. The molecular formula is C22H31ClN7O4P. The Labute approximate surface area is 208 Å². The van der Waals surface area contributed by atoms with Crippen LogP contribution in [0.25, 0.3) is 11.2 Å². The number of hydrogen-bond donors (Lipinski definition) is 4. The van der Waals surface area contributed by atoms with E-state index in [-0.39, 0.29) is 18.2 Å². The molecule has 3 atom stereocenters. The third kappa shape index (κ3) is 6.56.